The van der Waals surface area contributed by atoms with Crippen molar-refractivity contribution in [2.75, 3.05) is 19.8 Å². The highest BCUT2D eigenvalue weighted by atomic mass is 16.6. The summed E-state index contributed by atoms with van der Waals surface area (Å²) in [5, 5.41) is 5.56. The topological polar surface area (TPSA) is 76.7 Å². The number of hydrogen-bond acceptors (Lipinski definition) is 4. The van der Waals surface area contributed by atoms with Gasteiger partial charge in [-0.05, 0) is 47.9 Å². The minimum atomic E-state index is -0.290. The molecule has 1 unspecified atom stereocenters. The molecule has 6 nitrogen and oxygen atoms in total. The molecule has 0 fully saturated rings. The molecule has 0 radical (unpaired) electrons. The summed E-state index contributed by atoms with van der Waals surface area (Å²) in [5.74, 6) is 0.828. The molecule has 0 aromatic heterocycles. The first kappa shape index (κ1) is 20.5. The van der Waals surface area contributed by atoms with Gasteiger partial charge < -0.3 is 20.1 Å². The fourth-order valence-corrected chi connectivity index (χ4v) is 3.41. The third-order valence-corrected chi connectivity index (χ3v) is 5.11. The maximum absolute atomic E-state index is 12.4. The lowest BCUT2D eigenvalue weighted by atomic mass is 10.0. The number of benzene rings is 3. The Morgan fingerprint density at radius 1 is 0.871 bits per heavy atom. The van der Waals surface area contributed by atoms with Crippen LogP contribution in [-0.2, 0) is 4.79 Å². The molecule has 0 saturated heterocycles. The fraction of sp³-hybridized carbons (Fsp3) is 0.200. The predicted octanol–water partition coefficient (Wildman–Crippen LogP) is 3.73. The Morgan fingerprint density at radius 2 is 1.55 bits per heavy atom. The van der Waals surface area contributed by atoms with E-state index < -0.39 is 0 Å². The van der Waals surface area contributed by atoms with E-state index in [1.54, 1.807) is 12.1 Å². The summed E-state index contributed by atoms with van der Waals surface area (Å²) in [6.45, 7) is 2.82. The van der Waals surface area contributed by atoms with Crippen LogP contribution < -0.4 is 20.1 Å². The minimum absolute atomic E-state index is 0.103. The van der Waals surface area contributed by atoms with E-state index in [4.69, 9.17) is 9.47 Å². The van der Waals surface area contributed by atoms with Crippen LogP contribution in [0.25, 0.3) is 11.1 Å². The first-order chi connectivity index (χ1) is 15.1. The average molecular weight is 416 g/mol. The van der Waals surface area contributed by atoms with Crippen molar-refractivity contribution in [3.05, 3.63) is 83.9 Å². The van der Waals surface area contributed by atoms with Gasteiger partial charge >= 0.3 is 0 Å². The Hall–Kier alpha value is -3.80. The van der Waals surface area contributed by atoms with Crippen LogP contribution in [0.15, 0.2) is 72.8 Å². The van der Waals surface area contributed by atoms with Crippen LogP contribution >= 0.6 is 0 Å². The van der Waals surface area contributed by atoms with Gasteiger partial charge in [0, 0.05) is 5.56 Å². The van der Waals surface area contributed by atoms with E-state index in [0.29, 0.717) is 30.3 Å². The first-order valence-electron chi connectivity index (χ1n) is 10.2. The first-order valence-corrected chi connectivity index (χ1v) is 10.2. The molecule has 31 heavy (non-hydrogen) atoms. The van der Waals surface area contributed by atoms with Crippen LogP contribution in [-0.4, -0.2) is 31.6 Å². The largest absolute Gasteiger partial charge is 0.486 e. The lowest BCUT2D eigenvalue weighted by molar-refractivity contribution is -0.120. The molecule has 3 aromatic rings. The smallest absolute Gasteiger partial charge is 0.251 e. The predicted molar refractivity (Wildman–Crippen MR) is 118 cm³/mol. The Labute approximate surface area is 181 Å². The minimum Gasteiger partial charge on any atom is -0.486 e. The van der Waals surface area contributed by atoms with E-state index in [1.807, 2.05) is 67.6 Å². The van der Waals surface area contributed by atoms with Crippen molar-refractivity contribution in [3.63, 3.8) is 0 Å². The monoisotopic (exact) mass is 416 g/mol. The van der Waals surface area contributed by atoms with Gasteiger partial charge in [-0.25, -0.2) is 0 Å². The van der Waals surface area contributed by atoms with Crippen molar-refractivity contribution in [1.82, 2.24) is 10.6 Å². The number of hydrogen-bond donors (Lipinski definition) is 2. The molecule has 0 bridgehead atoms. The Morgan fingerprint density at radius 3 is 2.29 bits per heavy atom. The molecule has 1 heterocycles. The van der Waals surface area contributed by atoms with E-state index in [-0.39, 0.29) is 24.4 Å². The SMILES string of the molecule is CC(NC(=O)CNC(=O)c1ccc(-c2ccccc2)cc1)c1ccc2c(c1)OCCO2. The Balaban J connectivity index is 1.29. The van der Waals surface area contributed by atoms with Crippen molar-refractivity contribution in [1.29, 1.82) is 0 Å². The number of carbonyl (C=O) groups is 2. The Bertz CT molecular complexity index is 1060. The van der Waals surface area contributed by atoms with E-state index in [0.717, 1.165) is 16.7 Å². The molecule has 0 aliphatic carbocycles. The van der Waals surface area contributed by atoms with Gasteiger partial charge in [0.1, 0.15) is 13.2 Å². The van der Waals surface area contributed by atoms with Crippen molar-refractivity contribution in [2.45, 2.75) is 13.0 Å². The maximum atomic E-state index is 12.4. The van der Waals surface area contributed by atoms with E-state index in [9.17, 15) is 9.59 Å². The van der Waals surface area contributed by atoms with Crippen LogP contribution in [0.3, 0.4) is 0 Å². The zero-order valence-electron chi connectivity index (χ0n) is 17.3. The molecule has 1 atom stereocenters. The van der Waals surface area contributed by atoms with E-state index >= 15 is 0 Å². The van der Waals surface area contributed by atoms with E-state index in [1.165, 1.54) is 0 Å². The van der Waals surface area contributed by atoms with Crippen LogP contribution in [0.4, 0.5) is 0 Å². The number of ether oxygens (including phenoxy) is 2. The van der Waals surface area contributed by atoms with E-state index in [2.05, 4.69) is 10.6 Å². The molecule has 2 amide bonds. The van der Waals surface area contributed by atoms with Crippen LogP contribution in [0, 0.1) is 0 Å². The van der Waals surface area contributed by atoms with Gasteiger partial charge in [-0.2, -0.15) is 0 Å². The van der Waals surface area contributed by atoms with Crippen LogP contribution in [0.5, 0.6) is 11.5 Å². The second-order valence-corrected chi connectivity index (χ2v) is 7.32. The number of amides is 2. The third kappa shape index (κ3) is 5.04. The number of nitrogens with one attached hydrogen (secondary N) is 2. The second kappa shape index (κ2) is 9.34. The highest BCUT2D eigenvalue weighted by Gasteiger charge is 2.16. The number of fused-ring (bicyclic) bond motifs is 1. The summed E-state index contributed by atoms with van der Waals surface area (Å²) in [6, 6.07) is 22.6. The summed E-state index contributed by atoms with van der Waals surface area (Å²) in [7, 11) is 0. The second-order valence-electron chi connectivity index (χ2n) is 7.32. The highest BCUT2D eigenvalue weighted by molar-refractivity contribution is 5.96. The van der Waals surface area contributed by atoms with Crippen molar-refractivity contribution in [2.24, 2.45) is 0 Å². The highest BCUT2D eigenvalue weighted by Crippen LogP contribution is 2.32. The van der Waals surface area contributed by atoms with Gasteiger partial charge in [-0.3, -0.25) is 9.59 Å². The van der Waals surface area contributed by atoms with Gasteiger partial charge in [0.15, 0.2) is 11.5 Å². The zero-order valence-corrected chi connectivity index (χ0v) is 17.3. The molecule has 0 spiro atoms. The average Bonchev–Trinajstić information content (AvgIpc) is 2.83. The van der Waals surface area contributed by atoms with Crippen LogP contribution in [0.2, 0.25) is 0 Å². The summed E-state index contributed by atoms with van der Waals surface area (Å²) in [6.07, 6.45) is 0. The zero-order chi connectivity index (χ0) is 21.6. The van der Waals surface area contributed by atoms with Crippen LogP contribution in [0.1, 0.15) is 28.9 Å². The fourth-order valence-electron chi connectivity index (χ4n) is 3.41. The van der Waals surface area contributed by atoms with Crippen molar-refractivity contribution < 1.29 is 19.1 Å². The molecule has 0 saturated carbocycles. The molecule has 4 rings (SSSR count). The quantitative estimate of drug-likeness (QED) is 0.642. The third-order valence-electron chi connectivity index (χ3n) is 5.11. The van der Waals surface area contributed by atoms with Gasteiger partial charge in [0.05, 0.1) is 12.6 Å². The number of rotatable bonds is 6. The van der Waals surface area contributed by atoms with Gasteiger partial charge in [0.25, 0.3) is 5.91 Å². The summed E-state index contributed by atoms with van der Waals surface area (Å²) < 4.78 is 11.1. The molecule has 1 aliphatic heterocycles. The molecule has 3 aromatic carbocycles. The maximum Gasteiger partial charge on any atom is 0.251 e. The normalized spacial score (nSPS) is 13.2. The molecule has 2 N–H and O–H groups in total. The summed E-state index contributed by atoms with van der Waals surface area (Å²) >= 11 is 0. The number of carbonyl (C=O) groups excluding carboxylic acids is 2. The van der Waals surface area contributed by atoms with Gasteiger partial charge in [-0.15, -0.1) is 0 Å². The molecule has 1 aliphatic rings. The van der Waals surface area contributed by atoms with Crippen molar-refractivity contribution in [3.8, 4) is 22.6 Å². The molecular weight excluding hydrogens is 392 g/mol. The summed E-state index contributed by atoms with van der Waals surface area (Å²) in [5.41, 5.74) is 3.53. The summed E-state index contributed by atoms with van der Waals surface area (Å²) in [4.78, 5) is 24.7. The van der Waals surface area contributed by atoms with Gasteiger partial charge in [0.2, 0.25) is 5.91 Å². The standard InChI is InChI=1S/C25H24N2O4/c1-17(21-11-12-22-23(15-21)31-14-13-30-22)27-24(28)16-26-25(29)20-9-7-19(8-10-20)18-5-3-2-4-6-18/h2-12,15,17H,13-14,16H2,1H3,(H,26,29)(H,27,28). The molecule has 158 valence electrons. The lowest BCUT2D eigenvalue weighted by Gasteiger charge is -2.21. The molecule has 6 heteroatoms. The van der Waals surface area contributed by atoms with Gasteiger partial charge in [-0.1, -0.05) is 48.5 Å². The Kier molecular flexibility index (Phi) is 6.17. The molecular formula is C25H24N2O4. The van der Waals surface area contributed by atoms with Crippen molar-refractivity contribution >= 4 is 11.8 Å². The lowest BCUT2D eigenvalue weighted by Crippen LogP contribution is -2.38.